The fraction of sp³-hybridized carbons (Fsp3) is 0.0667. The van der Waals surface area contributed by atoms with E-state index in [1.807, 2.05) is 48.5 Å². The van der Waals surface area contributed by atoms with E-state index in [0.29, 0.717) is 23.3 Å². The number of rotatable bonds is 4. The standard InChI is InChI=1S/C15H11BrClN3O/c16-11-6-4-10(5-7-11)15-19-14(21-20-15)9-18-13-3-1-2-12(17)8-13/h1-8,18H,9H2. The molecule has 1 aromatic heterocycles. The van der Waals surface area contributed by atoms with Crippen molar-refractivity contribution in [1.82, 2.24) is 10.1 Å². The maximum atomic E-state index is 5.93. The molecular formula is C15H11BrClN3O. The van der Waals surface area contributed by atoms with E-state index >= 15 is 0 Å². The van der Waals surface area contributed by atoms with Gasteiger partial charge in [-0.05, 0) is 42.5 Å². The molecule has 0 aliphatic rings. The summed E-state index contributed by atoms with van der Waals surface area (Å²) in [5, 5.41) is 7.85. The molecule has 1 N–H and O–H groups in total. The van der Waals surface area contributed by atoms with Crippen molar-refractivity contribution in [2.45, 2.75) is 6.54 Å². The molecule has 0 atom stereocenters. The zero-order chi connectivity index (χ0) is 14.7. The molecule has 0 fully saturated rings. The minimum atomic E-state index is 0.448. The molecule has 106 valence electrons. The smallest absolute Gasteiger partial charge is 0.246 e. The Morgan fingerprint density at radius 2 is 1.95 bits per heavy atom. The summed E-state index contributed by atoms with van der Waals surface area (Å²) in [6.45, 7) is 0.448. The van der Waals surface area contributed by atoms with Gasteiger partial charge in [0.1, 0.15) is 0 Å². The number of anilines is 1. The van der Waals surface area contributed by atoms with Gasteiger partial charge < -0.3 is 9.84 Å². The number of hydrogen-bond donors (Lipinski definition) is 1. The van der Waals surface area contributed by atoms with Gasteiger partial charge in [-0.3, -0.25) is 0 Å². The van der Waals surface area contributed by atoms with Crippen LogP contribution in [0.4, 0.5) is 5.69 Å². The maximum absolute atomic E-state index is 5.93. The van der Waals surface area contributed by atoms with Gasteiger partial charge in [-0.2, -0.15) is 4.98 Å². The summed E-state index contributed by atoms with van der Waals surface area (Å²) in [6.07, 6.45) is 0. The molecule has 0 spiro atoms. The summed E-state index contributed by atoms with van der Waals surface area (Å²) in [4.78, 5) is 4.36. The van der Waals surface area contributed by atoms with Crippen LogP contribution in [-0.4, -0.2) is 10.1 Å². The van der Waals surface area contributed by atoms with Gasteiger partial charge >= 0.3 is 0 Å². The van der Waals surface area contributed by atoms with E-state index in [4.69, 9.17) is 16.1 Å². The van der Waals surface area contributed by atoms with E-state index in [2.05, 4.69) is 31.4 Å². The Labute approximate surface area is 135 Å². The molecule has 0 bridgehead atoms. The number of hydrogen-bond acceptors (Lipinski definition) is 4. The van der Waals surface area contributed by atoms with E-state index in [1.54, 1.807) is 0 Å². The first kappa shape index (κ1) is 14.1. The lowest BCUT2D eigenvalue weighted by molar-refractivity contribution is 0.384. The SMILES string of the molecule is Clc1cccc(NCc2nc(-c3ccc(Br)cc3)no2)c1. The minimum absolute atomic E-state index is 0.448. The van der Waals surface area contributed by atoms with Crippen LogP contribution in [0.5, 0.6) is 0 Å². The second kappa shape index (κ2) is 6.28. The highest BCUT2D eigenvalue weighted by atomic mass is 79.9. The van der Waals surface area contributed by atoms with Crippen LogP contribution >= 0.6 is 27.5 Å². The lowest BCUT2D eigenvalue weighted by Crippen LogP contribution is -1.99. The molecule has 0 aliphatic heterocycles. The average Bonchev–Trinajstić information content (AvgIpc) is 2.95. The first-order valence-corrected chi connectivity index (χ1v) is 7.46. The molecular weight excluding hydrogens is 354 g/mol. The van der Waals surface area contributed by atoms with E-state index in [1.165, 1.54) is 0 Å². The van der Waals surface area contributed by atoms with E-state index < -0.39 is 0 Å². The molecule has 4 nitrogen and oxygen atoms in total. The zero-order valence-electron chi connectivity index (χ0n) is 10.9. The monoisotopic (exact) mass is 363 g/mol. The Morgan fingerprint density at radius 3 is 2.71 bits per heavy atom. The minimum Gasteiger partial charge on any atom is -0.376 e. The topological polar surface area (TPSA) is 51.0 Å². The Balaban J connectivity index is 1.69. The summed E-state index contributed by atoms with van der Waals surface area (Å²) < 4.78 is 6.24. The van der Waals surface area contributed by atoms with Gasteiger partial charge in [0.05, 0.1) is 6.54 Å². The third kappa shape index (κ3) is 3.62. The van der Waals surface area contributed by atoms with Gasteiger partial charge in [-0.25, -0.2) is 0 Å². The van der Waals surface area contributed by atoms with E-state index in [-0.39, 0.29) is 0 Å². The Kier molecular flexibility index (Phi) is 4.22. The van der Waals surface area contributed by atoms with Gasteiger partial charge in [0.25, 0.3) is 0 Å². The zero-order valence-corrected chi connectivity index (χ0v) is 13.2. The Morgan fingerprint density at radius 1 is 1.14 bits per heavy atom. The summed E-state index contributed by atoms with van der Waals surface area (Å²) in [5.74, 6) is 1.10. The largest absolute Gasteiger partial charge is 0.376 e. The molecule has 0 unspecified atom stereocenters. The third-order valence-corrected chi connectivity index (χ3v) is 3.60. The molecule has 1 heterocycles. The average molecular weight is 365 g/mol. The van der Waals surface area contributed by atoms with Gasteiger partial charge in [-0.15, -0.1) is 0 Å². The molecule has 3 aromatic rings. The van der Waals surface area contributed by atoms with Crippen molar-refractivity contribution >= 4 is 33.2 Å². The normalized spacial score (nSPS) is 10.6. The first-order valence-electron chi connectivity index (χ1n) is 6.29. The summed E-state index contributed by atoms with van der Waals surface area (Å²) >= 11 is 9.32. The first-order chi connectivity index (χ1) is 10.2. The van der Waals surface area contributed by atoms with Crippen LogP contribution in [0.25, 0.3) is 11.4 Å². The maximum Gasteiger partial charge on any atom is 0.246 e. The van der Waals surface area contributed by atoms with E-state index in [0.717, 1.165) is 15.7 Å². The third-order valence-electron chi connectivity index (χ3n) is 2.84. The van der Waals surface area contributed by atoms with Gasteiger partial charge in [0.2, 0.25) is 11.7 Å². The van der Waals surface area contributed by atoms with Crippen molar-refractivity contribution in [1.29, 1.82) is 0 Å². The number of halogens is 2. The fourth-order valence-corrected chi connectivity index (χ4v) is 2.27. The Hall–Kier alpha value is -1.85. The van der Waals surface area contributed by atoms with Crippen LogP contribution in [-0.2, 0) is 6.54 Å². The van der Waals surface area contributed by atoms with Crippen LogP contribution in [0.1, 0.15) is 5.89 Å². The van der Waals surface area contributed by atoms with Gasteiger partial charge in [0, 0.05) is 20.7 Å². The lowest BCUT2D eigenvalue weighted by Gasteiger charge is -2.02. The quantitative estimate of drug-likeness (QED) is 0.725. The van der Waals surface area contributed by atoms with Crippen molar-refractivity contribution in [3.05, 3.63) is 63.9 Å². The van der Waals surface area contributed by atoms with Gasteiger partial charge in [-0.1, -0.05) is 38.8 Å². The predicted octanol–water partition coefficient (Wildman–Crippen LogP) is 4.76. The highest BCUT2D eigenvalue weighted by Crippen LogP contribution is 2.20. The Bertz CT molecular complexity index is 743. The molecule has 0 amide bonds. The van der Waals surface area contributed by atoms with Crippen LogP contribution < -0.4 is 5.32 Å². The summed E-state index contributed by atoms with van der Waals surface area (Å²) in [5.41, 5.74) is 1.82. The highest BCUT2D eigenvalue weighted by molar-refractivity contribution is 9.10. The van der Waals surface area contributed by atoms with Crippen molar-refractivity contribution < 1.29 is 4.52 Å². The van der Waals surface area contributed by atoms with Crippen LogP contribution in [0, 0.1) is 0 Å². The predicted molar refractivity (Wildman–Crippen MR) is 86.2 cm³/mol. The molecule has 6 heteroatoms. The second-order valence-corrected chi connectivity index (χ2v) is 5.73. The second-order valence-electron chi connectivity index (χ2n) is 4.38. The molecule has 21 heavy (non-hydrogen) atoms. The molecule has 0 saturated heterocycles. The van der Waals surface area contributed by atoms with E-state index in [9.17, 15) is 0 Å². The number of benzene rings is 2. The van der Waals surface area contributed by atoms with Crippen LogP contribution in [0.3, 0.4) is 0 Å². The van der Waals surface area contributed by atoms with Crippen molar-refractivity contribution in [3.63, 3.8) is 0 Å². The van der Waals surface area contributed by atoms with Crippen LogP contribution in [0.15, 0.2) is 57.5 Å². The lowest BCUT2D eigenvalue weighted by atomic mass is 10.2. The molecule has 0 aliphatic carbocycles. The molecule has 0 radical (unpaired) electrons. The van der Waals surface area contributed by atoms with Crippen molar-refractivity contribution in [2.75, 3.05) is 5.32 Å². The number of nitrogens with zero attached hydrogens (tertiary/aromatic N) is 2. The molecule has 3 rings (SSSR count). The molecule has 0 saturated carbocycles. The van der Waals surface area contributed by atoms with Crippen LogP contribution in [0.2, 0.25) is 5.02 Å². The summed E-state index contributed by atoms with van der Waals surface area (Å²) in [6, 6.07) is 15.2. The fourth-order valence-electron chi connectivity index (χ4n) is 1.82. The molecule has 2 aromatic carbocycles. The van der Waals surface area contributed by atoms with Gasteiger partial charge in [0.15, 0.2) is 0 Å². The van der Waals surface area contributed by atoms with Crippen molar-refractivity contribution in [2.24, 2.45) is 0 Å². The summed E-state index contributed by atoms with van der Waals surface area (Å²) in [7, 11) is 0. The number of nitrogens with one attached hydrogen (secondary N) is 1. The number of aromatic nitrogens is 2. The highest BCUT2D eigenvalue weighted by Gasteiger charge is 2.08. The van der Waals surface area contributed by atoms with Crippen molar-refractivity contribution in [3.8, 4) is 11.4 Å².